The van der Waals surface area contributed by atoms with Crippen molar-refractivity contribution in [2.45, 2.75) is 11.3 Å². The topological polar surface area (TPSA) is 93.2 Å². The summed E-state index contributed by atoms with van der Waals surface area (Å²) < 4.78 is 34.1. The third kappa shape index (κ3) is 5.05. The first-order valence-electron chi connectivity index (χ1n) is 9.58. The predicted molar refractivity (Wildman–Crippen MR) is 115 cm³/mol. The first kappa shape index (κ1) is 22.4. The molecule has 1 aliphatic rings. The second-order valence-corrected chi connectivity index (χ2v) is 9.00. The first-order chi connectivity index (χ1) is 14.7. The first-order valence-corrected chi connectivity index (χ1v) is 11.5. The lowest BCUT2D eigenvalue weighted by molar-refractivity contribution is -0.134. The Morgan fingerprint density at radius 2 is 1.74 bits per heavy atom. The second-order valence-electron chi connectivity index (χ2n) is 6.98. The quantitative estimate of drug-likeness (QED) is 0.636. The van der Waals surface area contributed by atoms with Gasteiger partial charge in [-0.3, -0.25) is 9.59 Å². The molecular weight excluding hydrogens is 420 g/mol. The van der Waals surface area contributed by atoms with E-state index in [9.17, 15) is 18.0 Å². The Hall–Kier alpha value is -3.33. The Labute approximate surface area is 181 Å². The van der Waals surface area contributed by atoms with E-state index in [1.54, 1.807) is 31.4 Å². The van der Waals surface area contributed by atoms with Gasteiger partial charge in [-0.1, -0.05) is 6.07 Å². The summed E-state index contributed by atoms with van der Waals surface area (Å²) >= 11 is 0. The zero-order valence-corrected chi connectivity index (χ0v) is 18.4. The molecular formula is C22H24N2O6S. The zero-order chi connectivity index (χ0) is 22.6. The number of carbonyl (C=O) groups is 2. The third-order valence-corrected chi connectivity index (χ3v) is 5.98. The third-order valence-electron chi connectivity index (χ3n) is 4.87. The van der Waals surface area contributed by atoms with Gasteiger partial charge in [-0.05, 0) is 48.9 Å². The van der Waals surface area contributed by atoms with Gasteiger partial charge in [0, 0.05) is 36.5 Å². The van der Waals surface area contributed by atoms with Crippen molar-refractivity contribution in [2.24, 2.45) is 0 Å². The summed E-state index contributed by atoms with van der Waals surface area (Å²) in [4.78, 5) is 25.9. The van der Waals surface area contributed by atoms with Gasteiger partial charge in [0.05, 0.1) is 19.1 Å². The number of amides is 2. The second kappa shape index (κ2) is 9.22. The molecule has 31 heavy (non-hydrogen) atoms. The number of hydrogen-bond donors (Lipinski definition) is 0. The molecule has 0 N–H and O–H groups in total. The monoisotopic (exact) mass is 444 g/mol. The van der Waals surface area contributed by atoms with Gasteiger partial charge in [0.25, 0.3) is 11.8 Å². The molecule has 1 aliphatic heterocycles. The van der Waals surface area contributed by atoms with E-state index in [0.29, 0.717) is 36.6 Å². The van der Waals surface area contributed by atoms with Crippen LogP contribution in [-0.2, 0) is 14.6 Å². The summed E-state index contributed by atoms with van der Waals surface area (Å²) in [6.45, 7) is 0.750. The molecule has 0 radical (unpaired) electrons. The van der Waals surface area contributed by atoms with Gasteiger partial charge in [0.15, 0.2) is 9.84 Å². The van der Waals surface area contributed by atoms with Crippen molar-refractivity contribution in [1.29, 1.82) is 0 Å². The van der Waals surface area contributed by atoms with Gasteiger partial charge in [0.2, 0.25) is 0 Å². The van der Waals surface area contributed by atoms with Crippen molar-refractivity contribution in [3.8, 4) is 11.5 Å². The van der Waals surface area contributed by atoms with Crippen LogP contribution in [-0.4, -0.2) is 63.8 Å². The average molecular weight is 445 g/mol. The maximum atomic E-state index is 13.0. The van der Waals surface area contributed by atoms with Crippen molar-refractivity contribution in [1.82, 2.24) is 10.0 Å². The molecule has 8 nitrogen and oxygen atoms in total. The summed E-state index contributed by atoms with van der Waals surface area (Å²) in [5.74, 6) is 0.409. The van der Waals surface area contributed by atoms with Crippen LogP contribution in [0.15, 0.2) is 53.4 Å². The van der Waals surface area contributed by atoms with Crippen molar-refractivity contribution in [2.75, 3.05) is 33.6 Å². The Balaban J connectivity index is 1.81. The van der Waals surface area contributed by atoms with E-state index in [2.05, 4.69) is 0 Å². The minimum absolute atomic E-state index is 0.0560. The summed E-state index contributed by atoms with van der Waals surface area (Å²) in [5.41, 5.74) is 0.870. The molecule has 9 heteroatoms. The maximum absolute atomic E-state index is 13.0. The lowest BCUT2D eigenvalue weighted by Crippen LogP contribution is -2.44. The Bertz CT molecular complexity index is 1130. The minimum atomic E-state index is -3.45. The Morgan fingerprint density at radius 1 is 1.00 bits per heavy atom. The number of sulfone groups is 1. The zero-order valence-electron chi connectivity index (χ0n) is 17.6. The van der Waals surface area contributed by atoms with Crippen LogP contribution in [0.3, 0.4) is 0 Å². The molecule has 0 atom stereocenters. The standard InChI is InChI=1S/C22H24N2O6S/c1-29-18-9-10-20(30-2)16(14-18)8-11-21(25)23-12-5-13-24(23)22(26)17-6-4-7-19(15-17)31(3,27)28/h4,6-11,14-15H,5,12-13H2,1-3H3. The molecule has 1 fully saturated rings. The van der Waals surface area contributed by atoms with E-state index in [1.165, 1.54) is 47.5 Å². The van der Waals surface area contributed by atoms with E-state index in [4.69, 9.17) is 9.47 Å². The highest BCUT2D eigenvalue weighted by Crippen LogP contribution is 2.25. The number of benzene rings is 2. The van der Waals surface area contributed by atoms with E-state index < -0.39 is 15.7 Å². The van der Waals surface area contributed by atoms with Crippen molar-refractivity contribution in [3.05, 3.63) is 59.7 Å². The summed E-state index contributed by atoms with van der Waals surface area (Å²) in [6.07, 6.45) is 4.68. The fourth-order valence-corrected chi connectivity index (χ4v) is 3.94. The van der Waals surface area contributed by atoms with Crippen LogP contribution in [0.25, 0.3) is 6.08 Å². The number of rotatable bonds is 6. The lowest BCUT2D eigenvalue weighted by atomic mass is 10.1. The van der Waals surface area contributed by atoms with Gasteiger partial charge in [-0.15, -0.1) is 0 Å². The fraction of sp³-hybridized carbons (Fsp3) is 0.273. The highest BCUT2D eigenvalue weighted by atomic mass is 32.2. The SMILES string of the molecule is COc1ccc(OC)c(C=CC(=O)N2CCCN2C(=O)c2cccc(S(C)(=O)=O)c2)c1. The summed E-state index contributed by atoms with van der Waals surface area (Å²) in [6, 6.07) is 11.0. The van der Waals surface area contributed by atoms with Crippen LogP contribution < -0.4 is 9.47 Å². The number of hydrogen-bond acceptors (Lipinski definition) is 6. The van der Waals surface area contributed by atoms with Gasteiger partial charge in [0.1, 0.15) is 11.5 Å². The largest absolute Gasteiger partial charge is 0.497 e. The molecule has 2 amide bonds. The van der Waals surface area contributed by atoms with E-state index in [-0.39, 0.29) is 16.4 Å². The van der Waals surface area contributed by atoms with Crippen LogP contribution in [0.5, 0.6) is 11.5 Å². The molecule has 3 rings (SSSR count). The number of ether oxygens (including phenoxy) is 2. The van der Waals surface area contributed by atoms with Gasteiger partial charge < -0.3 is 9.47 Å². The van der Waals surface area contributed by atoms with Crippen LogP contribution in [0, 0.1) is 0 Å². The Morgan fingerprint density at radius 3 is 2.42 bits per heavy atom. The number of nitrogens with zero attached hydrogens (tertiary/aromatic N) is 2. The molecule has 0 aromatic heterocycles. The predicted octanol–water partition coefficient (Wildman–Crippen LogP) is 2.41. The summed E-state index contributed by atoms with van der Waals surface area (Å²) in [7, 11) is -0.366. The highest BCUT2D eigenvalue weighted by molar-refractivity contribution is 7.90. The molecule has 0 saturated carbocycles. The molecule has 1 saturated heterocycles. The molecule has 0 aliphatic carbocycles. The highest BCUT2D eigenvalue weighted by Gasteiger charge is 2.30. The van der Waals surface area contributed by atoms with Gasteiger partial charge in [-0.2, -0.15) is 0 Å². The van der Waals surface area contributed by atoms with Crippen LogP contribution in [0.4, 0.5) is 0 Å². The number of methoxy groups -OCH3 is 2. The molecule has 2 aromatic carbocycles. The van der Waals surface area contributed by atoms with E-state index in [1.807, 2.05) is 0 Å². The number of hydrazine groups is 1. The van der Waals surface area contributed by atoms with Gasteiger partial charge >= 0.3 is 0 Å². The average Bonchev–Trinajstić information content (AvgIpc) is 3.26. The van der Waals surface area contributed by atoms with Crippen molar-refractivity contribution in [3.63, 3.8) is 0 Å². The lowest BCUT2D eigenvalue weighted by Gasteiger charge is -2.27. The molecule has 0 unspecified atom stereocenters. The molecule has 164 valence electrons. The number of carbonyl (C=O) groups excluding carboxylic acids is 2. The molecule has 0 bridgehead atoms. The van der Waals surface area contributed by atoms with Crippen LogP contribution in [0.2, 0.25) is 0 Å². The Kier molecular flexibility index (Phi) is 6.65. The molecule has 1 heterocycles. The van der Waals surface area contributed by atoms with Crippen LogP contribution >= 0.6 is 0 Å². The smallest absolute Gasteiger partial charge is 0.272 e. The van der Waals surface area contributed by atoms with Crippen LogP contribution in [0.1, 0.15) is 22.3 Å². The van der Waals surface area contributed by atoms with Crippen molar-refractivity contribution >= 4 is 27.7 Å². The summed E-state index contributed by atoms with van der Waals surface area (Å²) in [5, 5.41) is 2.70. The maximum Gasteiger partial charge on any atom is 0.272 e. The van der Waals surface area contributed by atoms with Crippen molar-refractivity contribution < 1.29 is 27.5 Å². The minimum Gasteiger partial charge on any atom is -0.497 e. The normalized spacial score (nSPS) is 14.2. The molecule has 0 spiro atoms. The van der Waals surface area contributed by atoms with Gasteiger partial charge in [-0.25, -0.2) is 18.4 Å². The van der Waals surface area contributed by atoms with E-state index in [0.717, 1.165) is 6.26 Å². The van der Waals surface area contributed by atoms with E-state index >= 15 is 0 Å². The fourth-order valence-electron chi connectivity index (χ4n) is 3.28. The molecule has 2 aromatic rings.